The second kappa shape index (κ2) is 6.02. The monoisotopic (exact) mass is 287 g/mol. The average Bonchev–Trinajstić information content (AvgIpc) is 2.89. The Bertz CT molecular complexity index is 613. The van der Waals surface area contributed by atoms with Crippen LogP contribution in [0.25, 0.3) is 5.69 Å². The van der Waals surface area contributed by atoms with Crippen LogP contribution in [0.5, 0.6) is 0 Å². The van der Waals surface area contributed by atoms with Crippen molar-refractivity contribution in [1.29, 1.82) is 0 Å². The van der Waals surface area contributed by atoms with E-state index in [0.29, 0.717) is 5.92 Å². The predicted molar refractivity (Wildman–Crippen MR) is 82.0 cm³/mol. The van der Waals surface area contributed by atoms with Gasteiger partial charge in [-0.25, -0.2) is 4.39 Å². The van der Waals surface area contributed by atoms with Gasteiger partial charge >= 0.3 is 0 Å². The Hall–Kier alpha value is -1.61. The number of halogens is 1. The molecule has 1 aromatic heterocycles. The second-order valence-electron chi connectivity index (χ2n) is 6.13. The van der Waals surface area contributed by atoms with Gasteiger partial charge in [0, 0.05) is 23.6 Å². The quantitative estimate of drug-likeness (QED) is 0.881. The van der Waals surface area contributed by atoms with Gasteiger partial charge in [0.25, 0.3) is 0 Å². The topological polar surface area (TPSA) is 25.2 Å². The van der Waals surface area contributed by atoms with E-state index in [-0.39, 0.29) is 5.82 Å². The van der Waals surface area contributed by atoms with Gasteiger partial charge in [0.2, 0.25) is 0 Å². The van der Waals surface area contributed by atoms with E-state index in [9.17, 15) is 9.50 Å². The largest absolute Gasteiger partial charge is 0.388 e. The van der Waals surface area contributed by atoms with Crippen LogP contribution >= 0.6 is 0 Å². The molecule has 1 fully saturated rings. The summed E-state index contributed by atoms with van der Waals surface area (Å²) in [5, 5.41) is 10.7. The lowest BCUT2D eigenvalue weighted by Gasteiger charge is -2.26. The van der Waals surface area contributed by atoms with Gasteiger partial charge < -0.3 is 9.67 Å². The molecule has 1 atom stereocenters. The van der Waals surface area contributed by atoms with Gasteiger partial charge in [0.05, 0.1) is 6.10 Å². The number of hydrogen-bond donors (Lipinski definition) is 1. The molecule has 1 N–H and O–H groups in total. The first-order valence-electron chi connectivity index (χ1n) is 7.77. The fourth-order valence-electron chi connectivity index (χ4n) is 3.37. The van der Waals surface area contributed by atoms with Crippen molar-refractivity contribution >= 4 is 0 Å². The van der Waals surface area contributed by atoms with Crippen LogP contribution in [0.4, 0.5) is 4.39 Å². The van der Waals surface area contributed by atoms with Crippen molar-refractivity contribution in [2.24, 2.45) is 5.92 Å². The fraction of sp³-hybridized carbons (Fsp3) is 0.444. The minimum absolute atomic E-state index is 0.242. The number of nitrogens with zero attached hydrogens (tertiary/aromatic N) is 1. The van der Waals surface area contributed by atoms with Crippen molar-refractivity contribution in [3.8, 4) is 5.69 Å². The fourth-order valence-corrected chi connectivity index (χ4v) is 3.37. The van der Waals surface area contributed by atoms with Crippen LogP contribution in [-0.2, 0) is 0 Å². The van der Waals surface area contributed by atoms with Crippen LogP contribution in [0.15, 0.2) is 36.7 Å². The molecule has 0 saturated heterocycles. The third-order valence-electron chi connectivity index (χ3n) is 4.59. The number of benzene rings is 1. The van der Waals surface area contributed by atoms with Crippen molar-refractivity contribution < 1.29 is 9.50 Å². The van der Waals surface area contributed by atoms with Crippen LogP contribution in [0.1, 0.15) is 49.3 Å². The molecule has 0 radical (unpaired) electrons. The molecule has 0 aliphatic heterocycles. The lowest BCUT2D eigenvalue weighted by atomic mass is 9.83. The highest BCUT2D eigenvalue weighted by atomic mass is 19.1. The van der Waals surface area contributed by atoms with Gasteiger partial charge in [-0.15, -0.1) is 0 Å². The van der Waals surface area contributed by atoms with Crippen molar-refractivity contribution in [3.63, 3.8) is 0 Å². The molecule has 3 rings (SSSR count). The minimum Gasteiger partial charge on any atom is -0.388 e. The number of aliphatic hydroxyl groups is 1. The molecule has 0 amide bonds. The standard InChI is InChI=1S/C18H22FNO/c1-13-11-20(16-9-5-8-15(19)10-16)12-17(13)18(21)14-6-3-2-4-7-14/h5,8-12,14,18,21H,2-4,6-7H2,1H3. The van der Waals surface area contributed by atoms with Crippen molar-refractivity contribution in [1.82, 2.24) is 4.57 Å². The Morgan fingerprint density at radius 3 is 2.67 bits per heavy atom. The third kappa shape index (κ3) is 3.03. The van der Waals surface area contributed by atoms with Gasteiger partial charge in [-0.1, -0.05) is 25.3 Å². The summed E-state index contributed by atoms with van der Waals surface area (Å²) in [6.45, 7) is 2.01. The van der Waals surface area contributed by atoms with E-state index in [0.717, 1.165) is 29.7 Å². The van der Waals surface area contributed by atoms with Gasteiger partial charge in [0.15, 0.2) is 0 Å². The molecule has 21 heavy (non-hydrogen) atoms. The summed E-state index contributed by atoms with van der Waals surface area (Å²) in [5.41, 5.74) is 2.84. The molecule has 0 spiro atoms. The Morgan fingerprint density at radius 1 is 1.19 bits per heavy atom. The summed E-state index contributed by atoms with van der Waals surface area (Å²) in [6.07, 6.45) is 9.43. The van der Waals surface area contributed by atoms with E-state index >= 15 is 0 Å². The van der Waals surface area contributed by atoms with Crippen LogP contribution in [0.3, 0.4) is 0 Å². The molecule has 2 nitrogen and oxygen atoms in total. The van der Waals surface area contributed by atoms with Crippen molar-refractivity contribution in [2.45, 2.75) is 45.1 Å². The Kier molecular flexibility index (Phi) is 4.11. The summed E-state index contributed by atoms with van der Waals surface area (Å²) in [7, 11) is 0. The highest BCUT2D eigenvalue weighted by Gasteiger charge is 2.25. The predicted octanol–water partition coefficient (Wildman–Crippen LogP) is 4.54. The average molecular weight is 287 g/mol. The van der Waals surface area contributed by atoms with Crippen molar-refractivity contribution in [2.75, 3.05) is 0 Å². The lowest BCUT2D eigenvalue weighted by molar-refractivity contribution is 0.0844. The molecular formula is C18H22FNO. The molecule has 1 saturated carbocycles. The zero-order chi connectivity index (χ0) is 14.8. The van der Waals surface area contributed by atoms with Crippen LogP contribution < -0.4 is 0 Å². The normalized spacial score (nSPS) is 17.9. The summed E-state index contributed by atoms with van der Waals surface area (Å²) < 4.78 is 15.2. The first-order chi connectivity index (χ1) is 10.1. The highest BCUT2D eigenvalue weighted by Crippen LogP contribution is 2.36. The number of aryl methyl sites for hydroxylation is 1. The van der Waals surface area contributed by atoms with Crippen molar-refractivity contribution in [3.05, 3.63) is 53.6 Å². The van der Waals surface area contributed by atoms with E-state index in [1.807, 2.05) is 30.0 Å². The van der Waals surface area contributed by atoms with E-state index in [4.69, 9.17) is 0 Å². The Labute approximate surface area is 125 Å². The van der Waals surface area contributed by atoms with Crippen LogP contribution in [0.2, 0.25) is 0 Å². The summed E-state index contributed by atoms with van der Waals surface area (Å²) in [4.78, 5) is 0. The maximum absolute atomic E-state index is 13.3. The smallest absolute Gasteiger partial charge is 0.125 e. The zero-order valence-electron chi connectivity index (χ0n) is 12.4. The summed E-state index contributed by atoms with van der Waals surface area (Å²) in [5.74, 6) is 0.119. The van der Waals surface area contributed by atoms with E-state index in [1.54, 1.807) is 6.07 Å². The SMILES string of the molecule is Cc1cn(-c2cccc(F)c2)cc1C(O)C1CCCCC1. The maximum Gasteiger partial charge on any atom is 0.125 e. The molecule has 3 heteroatoms. The molecule has 1 aliphatic rings. The number of aromatic nitrogens is 1. The zero-order valence-corrected chi connectivity index (χ0v) is 12.4. The lowest BCUT2D eigenvalue weighted by Crippen LogP contribution is -2.16. The van der Waals surface area contributed by atoms with Gasteiger partial charge in [-0.05, 0) is 49.4 Å². The summed E-state index contributed by atoms with van der Waals surface area (Å²) in [6, 6.07) is 6.53. The first-order valence-corrected chi connectivity index (χ1v) is 7.77. The minimum atomic E-state index is -0.403. The van der Waals surface area contributed by atoms with E-state index < -0.39 is 6.10 Å². The number of hydrogen-bond acceptors (Lipinski definition) is 1. The number of rotatable bonds is 3. The Balaban J connectivity index is 1.87. The summed E-state index contributed by atoms with van der Waals surface area (Å²) >= 11 is 0. The molecule has 112 valence electrons. The van der Waals surface area contributed by atoms with Crippen LogP contribution in [-0.4, -0.2) is 9.67 Å². The molecular weight excluding hydrogens is 265 g/mol. The van der Waals surface area contributed by atoms with Gasteiger partial charge in [-0.3, -0.25) is 0 Å². The molecule has 1 aromatic carbocycles. The van der Waals surface area contributed by atoms with Crippen LogP contribution in [0, 0.1) is 18.7 Å². The maximum atomic E-state index is 13.3. The number of aliphatic hydroxyl groups excluding tert-OH is 1. The molecule has 1 heterocycles. The molecule has 0 bridgehead atoms. The van der Waals surface area contributed by atoms with Gasteiger partial charge in [0.1, 0.15) is 5.82 Å². The second-order valence-corrected chi connectivity index (χ2v) is 6.13. The Morgan fingerprint density at radius 2 is 1.95 bits per heavy atom. The molecule has 1 aliphatic carbocycles. The van der Waals surface area contributed by atoms with Gasteiger partial charge in [-0.2, -0.15) is 0 Å². The third-order valence-corrected chi connectivity index (χ3v) is 4.59. The molecule has 2 aromatic rings. The molecule has 1 unspecified atom stereocenters. The van der Waals surface area contributed by atoms with E-state index in [1.165, 1.54) is 31.4 Å². The first kappa shape index (κ1) is 14.3. The highest BCUT2D eigenvalue weighted by molar-refractivity contribution is 5.37. The van der Waals surface area contributed by atoms with E-state index in [2.05, 4.69) is 0 Å².